The summed E-state index contributed by atoms with van der Waals surface area (Å²) in [6.07, 6.45) is 0. The summed E-state index contributed by atoms with van der Waals surface area (Å²) in [5.74, 6) is 0. The molecular weight excluding hydrogens is 340 g/mol. The lowest BCUT2D eigenvalue weighted by Crippen LogP contribution is -2.58. The van der Waals surface area contributed by atoms with Crippen LogP contribution in [-0.4, -0.2) is 36.0 Å². The Morgan fingerprint density at radius 2 is 0.857 bits per heavy atom. The highest BCUT2D eigenvalue weighted by Gasteiger charge is 2.42. The molecule has 0 unspecified atom stereocenters. The first-order valence-electron chi connectivity index (χ1n) is 10.3. The molecule has 0 aromatic heterocycles. The van der Waals surface area contributed by atoms with Gasteiger partial charge in [0.15, 0.2) is 0 Å². The number of nitrogens with zero attached hydrogens (tertiary/aromatic N) is 2. The molecule has 28 heavy (non-hydrogen) atoms. The van der Waals surface area contributed by atoms with Crippen molar-refractivity contribution in [2.24, 2.45) is 0 Å². The van der Waals surface area contributed by atoms with Gasteiger partial charge >= 0.3 is 0 Å². The predicted molar refractivity (Wildman–Crippen MR) is 117 cm³/mol. The van der Waals surface area contributed by atoms with Crippen LogP contribution in [0.4, 0.5) is 0 Å². The fourth-order valence-electron chi connectivity index (χ4n) is 5.26. The second kappa shape index (κ2) is 6.44. The summed E-state index contributed by atoms with van der Waals surface area (Å²) in [6, 6.07) is 32.4. The van der Waals surface area contributed by atoms with Crippen LogP contribution in [0, 0.1) is 0 Å². The van der Waals surface area contributed by atoms with Gasteiger partial charge in [-0.15, -0.1) is 0 Å². The van der Waals surface area contributed by atoms with E-state index in [4.69, 9.17) is 0 Å². The Labute approximate surface area is 166 Å². The maximum absolute atomic E-state index is 2.70. The van der Waals surface area contributed by atoms with E-state index >= 15 is 0 Å². The van der Waals surface area contributed by atoms with E-state index in [1.807, 2.05) is 0 Å². The van der Waals surface area contributed by atoms with E-state index in [9.17, 15) is 0 Å². The highest BCUT2D eigenvalue weighted by Crippen LogP contribution is 2.44. The molecule has 2 nitrogen and oxygen atoms in total. The van der Waals surface area contributed by atoms with E-state index in [2.05, 4.69) is 94.7 Å². The van der Waals surface area contributed by atoms with E-state index in [1.165, 1.54) is 58.9 Å². The van der Waals surface area contributed by atoms with E-state index < -0.39 is 0 Å². The van der Waals surface area contributed by atoms with Crippen molar-refractivity contribution in [3.8, 4) is 0 Å². The van der Waals surface area contributed by atoms with Gasteiger partial charge in [0, 0.05) is 26.2 Å². The highest BCUT2D eigenvalue weighted by atomic mass is 15.4. The normalized spacial score (nSPS) is 26.7. The van der Waals surface area contributed by atoms with Gasteiger partial charge in [-0.2, -0.15) is 0 Å². The van der Waals surface area contributed by atoms with Crippen molar-refractivity contribution >= 4 is 21.5 Å². The standard InChI is InChI=1S/C26H24N2/c1-3-7-21-17-23(11-9-19(21)5-1)25-26(28-15-13-27(25)14-16-28)24-12-10-20-6-2-4-8-22(20)18-24/h1-12,17-18,25-26H,13-16H2/t25-,26+. The Balaban J connectivity index is 1.48. The summed E-state index contributed by atoms with van der Waals surface area (Å²) in [7, 11) is 0. The van der Waals surface area contributed by atoms with Gasteiger partial charge in [-0.3, -0.25) is 9.80 Å². The van der Waals surface area contributed by atoms with Crippen LogP contribution in [0.15, 0.2) is 84.9 Å². The molecular formula is C26H24N2. The number of hydrogen-bond acceptors (Lipinski definition) is 2. The zero-order chi connectivity index (χ0) is 18.5. The number of benzene rings is 4. The van der Waals surface area contributed by atoms with Crippen LogP contribution in [0.5, 0.6) is 0 Å². The summed E-state index contributed by atoms with van der Waals surface area (Å²) in [6.45, 7) is 4.67. The van der Waals surface area contributed by atoms with Gasteiger partial charge in [-0.05, 0) is 44.8 Å². The average Bonchev–Trinajstić information content (AvgIpc) is 2.78. The number of rotatable bonds is 2. The molecule has 2 atom stereocenters. The van der Waals surface area contributed by atoms with Crippen molar-refractivity contribution in [2.75, 3.05) is 26.2 Å². The van der Waals surface area contributed by atoms with Crippen LogP contribution in [-0.2, 0) is 0 Å². The van der Waals surface area contributed by atoms with Crippen molar-refractivity contribution < 1.29 is 0 Å². The second-order valence-electron chi connectivity index (χ2n) is 8.17. The fourth-order valence-corrected chi connectivity index (χ4v) is 5.26. The van der Waals surface area contributed by atoms with Gasteiger partial charge in [0.1, 0.15) is 0 Å². The zero-order valence-electron chi connectivity index (χ0n) is 16.0. The first-order chi connectivity index (χ1) is 13.9. The van der Waals surface area contributed by atoms with Crippen molar-refractivity contribution in [1.29, 1.82) is 0 Å². The molecule has 0 aliphatic carbocycles. The van der Waals surface area contributed by atoms with Gasteiger partial charge < -0.3 is 0 Å². The summed E-state index contributed by atoms with van der Waals surface area (Å²) < 4.78 is 0. The average molecular weight is 364 g/mol. The maximum Gasteiger partial charge on any atom is 0.0546 e. The molecule has 3 fully saturated rings. The molecule has 3 heterocycles. The predicted octanol–water partition coefficient (Wildman–Crippen LogP) is 5.41. The Morgan fingerprint density at radius 3 is 1.29 bits per heavy atom. The van der Waals surface area contributed by atoms with Gasteiger partial charge in [0.2, 0.25) is 0 Å². The van der Waals surface area contributed by atoms with E-state index in [0.29, 0.717) is 12.1 Å². The molecule has 7 rings (SSSR count). The van der Waals surface area contributed by atoms with Crippen molar-refractivity contribution in [1.82, 2.24) is 9.80 Å². The summed E-state index contributed by atoms with van der Waals surface area (Å²) in [5.41, 5.74) is 2.89. The zero-order valence-corrected chi connectivity index (χ0v) is 16.0. The quantitative estimate of drug-likeness (QED) is 0.469. The van der Waals surface area contributed by atoms with Crippen LogP contribution < -0.4 is 0 Å². The molecule has 3 aliphatic heterocycles. The molecule has 4 aromatic carbocycles. The lowest BCUT2D eigenvalue weighted by atomic mass is 9.85. The molecule has 0 amide bonds. The molecule has 3 saturated heterocycles. The minimum absolute atomic E-state index is 0.424. The lowest BCUT2D eigenvalue weighted by molar-refractivity contribution is -0.0404. The van der Waals surface area contributed by atoms with Gasteiger partial charge in [0.05, 0.1) is 12.1 Å². The molecule has 2 heteroatoms. The lowest BCUT2D eigenvalue weighted by Gasteiger charge is -2.53. The molecule has 0 saturated carbocycles. The molecule has 0 radical (unpaired) electrons. The fraction of sp³-hybridized carbons (Fsp3) is 0.231. The monoisotopic (exact) mass is 364 g/mol. The first kappa shape index (κ1) is 16.3. The van der Waals surface area contributed by atoms with Crippen LogP contribution in [0.1, 0.15) is 23.2 Å². The highest BCUT2D eigenvalue weighted by molar-refractivity contribution is 5.84. The molecule has 2 bridgehead atoms. The van der Waals surface area contributed by atoms with Crippen molar-refractivity contribution in [3.05, 3.63) is 96.1 Å². The topological polar surface area (TPSA) is 6.48 Å². The summed E-state index contributed by atoms with van der Waals surface area (Å²) >= 11 is 0. The van der Waals surface area contributed by atoms with Gasteiger partial charge in [0.25, 0.3) is 0 Å². The minimum Gasteiger partial charge on any atom is -0.292 e. The summed E-state index contributed by atoms with van der Waals surface area (Å²) in [4.78, 5) is 5.40. The van der Waals surface area contributed by atoms with Gasteiger partial charge in [-0.25, -0.2) is 0 Å². The molecule has 3 aliphatic rings. The van der Waals surface area contributed by atoms with Crippen molar-refractivity contribution in [3.63, 3.8) is 0 Å². The number of piperazine rings is 3. The Hall–Kier alpha value is -2.68. The van der Waals surface area contributed by atoms with E-state index in [0.717, 1.165) is 0 Å². The van der Waals surface area contributed by atoms with Crippen molar-refractivity contribution in [2.45, 2.75) is 12.1 Å². The van der Waals surface area contributed by atoms with Gasteiger partial charge in [-0.1, -0.05) is 72.8 Å². The third kappa shape index (κ3) is 2.56. The van der Waals surface area contributed by atoms with Crippen LogP contribution in [0.3, 0.4) is 0 Å². The molecule has 0 N–H and O–H groups in total. The third-order valence-electron chi connectivity index (χ3n) is 6.66. The van der Waals surface area contributed by atoms with Crippen LogP contribution >= 0.6 is 0 Å². The Morgan fingerprint density at radius 1 is 0.464 bits per heavy atom. The largest absolute Gasteiger partial charge is 0.292 e. The molecule has 138 valence electrons. The SMILES string of the molecule is c1ccc2cc([C@@H]3[C@H](c4ccc5ccccc5c4)N4CCN3CC4)ccc2c1. The second-order valence-corrected chi connectivity index (χ2v) is 8.17. The molecule has 0 spiro atoms. The van der Waals surface area contributed by atoms with Crippen LogP contribution in [0.25, 0.3) is 21.5 Å². The number of fused-ring (bicyclic) bond motifs is 5. The first-order valence-corrected chi connectivity index (χ1v) is 10.3. The Kier molecular flexibility index (Phi) is 3.75. The maximum atomic E-state index is 2.70. The van der Waals surface area contributed by atoms with E-state index in [-0.39, 0.29) is 0 Å². The minimum atomic E-state index is 0.424. The Bertz CT molecular complexity index is 1060. The van der Waals surface area contributed by atoms with Crippen LogP contribution in [0.2, 0.25) is 0 Å². The molecule has 4 aromatic rings. The third-order valence-corrected chi connectivity index (χ3v) is 6.66. The van der Waals surface area contributed by atoms with E-state index in [1.54, 1.807) is 0 Å². The summed E-state index contributed by atoms with van der Waals surface area (Å²) in [5, 5.41) is 5.33. The number of hydrogen-bond donors (Lipinski definition) is 0. The smallest absolute Gasteiger partial charge is 0.0546 e.